The molecule has 5 nitrogen and oxygen atoms in total. The van der Waals surface area contributed by atoms with Crippen molar-refractivity contribution >= 4 is 11.3 Å². The second-order valence-electron chi connectivity index (χ2n) is 3.01. The largest absolute Gasteiger partial charge is 0.368 e. The van der Waals surface area contributed by atoms with E-state index in [4.69, 9.17) is 5.73 Å². The molecule has 0 unspecified atom stereocenters. The molecule has 5 heteroatoms. The fraction of sp³-hybridized carbons (Fsp3) is 0.333. The topological polar surface area (TPSA) is 68.2 Å². The number of aromatic nitrogens is 3. The summed E-state index contributed by atoms with van der Waals surface area (Å²) in [4.78, 5) is 4.24. The standard InChI is InChI=1S/C9H13N5/c10-3-1-4-11-9-8-2-5-13-14(8)7-6-12-9/h2,5-7H,1,3-4,10H2,(H,11,12). The number of anilines is 1. The summed E-state index contributed by atoms with van der Waals surface area (Å²) in [5.74, 6) is 0.860. The van der Waals surface area contributed by atoms with Crippen LogP contribution in [-0.2, 0) is 0 Å². The monoisotopic (exact) mass is 191 g/mol. The second kappa shape index (κ2) is 4.06. The summed E-state index contributed by atoms with van der Waals surface area (Å²) in [6.07, 6.45) is 6.25. The third-order valence-electron chi connectivity index (χ3n) is 2.00. The van der Waals surface area contributed by atoms with Crippen LogP contribution in [0.25, 0.3) is 5.52 Å². The molecule has 0 fully saturated rings. The molecule has 0 saturated heterocycles. The van der Waals surface area contributed by atoms with Crippen LogP contribution in [0, 0.1) is 0 Å². The van der Waals surface area contributed by atoms with Gasteiger partial charge in [0.05, 0.1) is 6.20 Å². The van der Waals surface area contributed by atoms with Gasteiger partial charge in [-0.15, -0.1) is 0 Å². The quantitative estimate of drug-likeness (QED) is 0.690. The third kappa shape index (κ3) is 1.67. The highest BCUT2D eigenvalue weighted by Gasteiger charge is 2.00. The zero-order chi connectivity index (χ0) is 9.80. The van der Waals surface area contributed by atoms with Gasteiger partial charge < -0.3 is 11.1 Å². The van der Waals surface area contributed by atoms with Gasteiger partial charge in [-0.05, 0) is 19.0 Å². The maximum atomic E-state index is 5.41. The average Bonchev–Trinajstić information content (AvgIpc) is 2.67. The van der Waals surface area contributed by atoms with E-state index in [2.05, 4.69) is 15.4 Å². The van der Waals surface area contributed by atoms with Crippen LogP contribution < -0.4 is 11.1 Å². The third-order valence-corrected chi connectivity index (χ3v) is 2.00. The van der Waals surface area contributed by atoms with Crippen molar-refractivity contribution in [3.05, 3.63) is 24.7 Å². The molecule has 0 saturated carbocycles. The van der Waals surface area contributed by atoms with E-state index < -0.39 is 0 Å². The van der Waals surface area contributed by atoms with Gasteiger partial charge in [0.2, 0.25) is 0 Å². The predicted octanol–water partition coefficient (Wildman–Crippen LogP) is 0.490. The van der Waals surface area contributed by atoms with Crippen molar-refractivity contribution in [2.75, 3.05) is 18.4 Å². The Kier molecular flexibility index (Phi) is 2.60. The molecular weight excluding hydrogens is 178 g/mol. The SMILES string of the molecule is NCCCNc1nccn2nccc12. The van der Waals surface area contributed by atoms with Crippen LogP contribution >= 0.6 is 0 Å². The Morgan fingerprint density at radius 2 is 2.36 bits per heavy atom. The molecule has 0 amide bonds. The van der Waals surface area contributed by atoms with Crippen LogP contribution in [0.4, 0.5) is 5.82 Å². The van der Waals surface area contributed by atoms with Crippen molar-refractivity contribution in [1.82, 2.24) is 14.6 Å². The first-order valence-corrected chi connectivity index (χ1v) is 4.64. The highest BCUT2D eigenvalue weighted by Crippen LogP contribution is 2.11. The minimum absolute atomic E-state index is 0.690. The Balaban J connectivity index is 2.19. The van der Waals surface area contributed by atoms with Gasteiger partial charge in [0.15, 0.2) is 5.82 Å². The summed E-state index contributed by atoms with van der Waals surface area (Å²) in [5, 5.41) is 7.34. The van der Waals surface area contributed by atoms with Crippen molar-refractivity contribution in [2.24, 2.45) is 5.73 Å². The molecule has 0 radical (unpaired) electrons. The van der Waals surface area contributed by atoms with E-state index in [9.17, 15) is 0 Å². The van der Waals surface area contributed by atoms with E-state index in [0.717, 1.165) is 24.3 Å². The molecule has 0 aliphatic rings. The Morgan fingerprint density at radius 3 is 3.21 bits per heavy atom. The zero-order valence-corrected chi connectivity index (χ0v) is 7.85. The number of nitrogens with two attached hydrogens (primary N) is 1. The molecule has 0 aliphatic heterocycles. The summed E-state index contributed by atoms with van der Waals surface area (Å²) < 4.78 is 1.79. The summed E-state index contributed by atoms with van der Waals surface area (Å²) >= 11 is 0. The van der Waals surface area contributed by atoms with E-state index in [1.54, 1.807) is 16.9 Å². The lowest BCUT2D eigenvalue weighted by atomic mass is 10.4. The summed E-state index contributed by atoms with van der Waals surface area (Å²) in [7, 11) is 0. The van der Waals surface area contributed by atoms with Crippen LogP contribution in [0.5, 0.6) is 0 Å². The minimum atomic E-state index is 0.690. The van der Waals surface area contributed by atoms with E-state index in [-0.39, 0.29) is 0 Å². The number of hydrogen-bond donors (Lipinski definition) is 2. The summed E-state index contributed by atoms with van der Waals surface area (Å²) in [6.45, 7) is 1.53. The molecule has 2 heterocycles. The molecule has 2 aromatic rings. The Bertz CT molecular complexity index is 408. The van der Waals surface area contributed by atoms with E-state index >= 15 is 0 Å². The molecule has 0 aliphatic carbocycles. The number of nitrogens with zero attached hydrogens (tertiary/aromatic N) is 3. The Morgan fingerprint density at radius 1 is 1.43 bits per heavy atom. The van der Waals surface area contributed by atoms with Crippen molar-refractivity contribution < 1.29 is 0 Å². The molecule has 2 aromatic heterocycles. The van der Waals surface area contributed by atoms with Gasteiger partial charge >= 0.3 is 0 Å². The summed E-state index contributed by atoms with van der Waals surface area (Å²) in [6, 6.07) is 1.93. The average molecular weight is 191 g/mol. The fourth-order valence-corrected chi connectivity index (χ4v) is 1.30. The molecular formula is C9H13N5. The molecule has 74 valence electrons. The van der Waals surface area contributed by atoms with Gasteiger partial charge in [0, 0.05) is 18.9 Å². The molecule has 2 rings (SSSR count). The molecule has 14 heavy (non-hydrogen) atoms. The molecule has 0 atom stereocenters. The van der Waals surface area contributed by atoms with E-state index in [1.807, 2.05) is 12.3 Å². The fourth-order valence-electron chi connectivity index (χ4n) is 1.30. The van der Waals surface area contributed by atoms with E-state index in [0.29, 0.717) is 6.54 Å². The second-order valence-corrected chi connectivity index (χ2v) is 3.01. The maximum Gasteiger partial charge on any atom is 0.152 e. The van der Waals surface area contributed by atoms with Crippen LogP contribution in [0.3, 0.4) is 0 Å². The Hall–Kier alpha value is -1.62. The molecule has 0 bridgehead atoms. The van der Waals surface area contributed by atoms with Gasteiger partial charge in [-0.1, -0.05) is 0 Å². The molecule has 0 aromatic carbocycles. The first kappa shape index (κ1) is 8.96. The lowest BCUT2D eigenvalue weighted by molar-refractivity contribution is 0.866. The van der Waals surface area contributed by atoms with Crippen LogP contribution in [-0.4, -0.2) is 27.7 Å². The zero-order valence-electron chi connectivity index (χ0n) is 7.85. The molecule has 3 N–H and O–H groups in total. The van der Waals surface area contributed by atoms with Crippen LogP contribution in [0.2, 0.25) is 0 Å². The first-order chi connectivity index (χ1) is 6.92. The highest BCUT2D eigenvalue weighted by atomic mass is 15.2. The number of fused-ring (bicyclic) bond motifs is 1. The van der Waals surface area contributed by atoms with Crippen molar-refractivity contribution in [3.8, 4) is 0 Å². The van der Waals surface area contributed by atoms with E-state index in [1.165, 1.54) is 0 Å². The number of hydrogen-bond acceptors (Lipinski definition) is 4. The van der Waals surface area contributed by atoms with Gasteiger partial charge in [-0.3, -0.25) is 0 Å². The van der Waals surface area contributed by atoms with Gasteiger partial charge in [0.1, 0.15) is 5.52 Å². The van der Waals surface area contributed by atoms with Gasteiger partial charge in [-0.2, -0.15) is 5.10 Å². The van der Waals surface area contributed by atoms with Crippen LogP contribution in [0.15, 0.2) is 24.7 Å². The van der Waals surface area contributed by atoms with Crippen molar-refractivity contribution in [2.45, 2.75) is 6.42 Å². The smallest absolute Gasteiger partial charge is 0.152 e. The normalized spacial score (nSPS) is 10.6. The lowest BCUT2D eigenvalue weighted by Gasteiger charge is -2.05. The van der Waals surface area contributed by atoms with Crippen molar-refractivity contribution in [1.29, 1.82) is 0 Å². The number of rotatable bonds is 4. The molecule has 0 spiro atoms. The lowest BCUT2D eigenvalue weighted by Crippen LogP contribution is -2.10. The number of nitrogens with one attached hydrogen (secondary N) is 1. The Labute approximate surface area is 81.9 Å². The highest BCUT2D eigenvalue weighted by molar-refractivity contribution is 5.66. The van der Waals surface area contributed by atoms with Gasteiger partial charge in [-0.25, -0.2) is 9.50 Å². The van der Waals surface area contributed by atoms with Crippen molar-refractivity contribution in [3.63, 3.8) is 0 Å². The maximum absolute atomic E-state index is 5.41. The first-order valence-electron chi connectivity index (χ1n) is 4.64. The van der Waals surface area contributed by atoms with Gasteiger partial charge in [0.25, 0.3) is 0 Å². The summed E-state index contributed by atoms with van der Waals surface area (Å²) in [5.41, 5.74) is 6.40. The minimum Gasteiger partial charge on any atom is -0.368 e. The predicted molar refractivity (Wildman–Crippen MR) is 55.1 cm³/mol. The van der Waals surface area contributed by atoms with Crippen LogP contribution in [0.1, 0.15) is 6.42 Å².